The van der Waals surface area contributed by atoms with Crippen LogP contribution >= 0.6 is 0 Å². The van der Waals surface area contributed by atoms with Gasteiger partial charge in [-0.05, 0) is 13.8 Å². The number of carbonyl (C=O) groups excluding carboxylic acids is 3. The van der Waals surface area contributed by atoms with E-state index >= 15 is 0 Å². The molecule has 92 valence electrons. The Morgan fingerprint density at radius 2 is 1.56 bits per heavy atom. The highest BCUT2D eigenvalue weighted by atomic mass is 19.1. The third-order valence-electron chi connectivity index (χ3n) is 1.50. The summed E-state index contributed by atoms with van der Waals surface area (Å²) in [6.45, 7) is 2.35. The van der Waals surface area contributed by atoms with Crippen molar-refractivity contribution in [1.29, 1.82) is 0 Å². The maximum Gasteiger partial charge on any atom is 0.349 e. The number of hydrogen-bond donors (Lipinski definition) is 0. The molecule has 0 N–H and O–H groups in total. The second kappa shape index (κ2) is 6.76. The van der Waals surface area contributed by atoms with Crippen LogP contribution in [0.15, 0.2) is 0 Å². The van der Waals surface area contributed by atoms with E-state index in [9.17, 15) is 18.8 Å². The molecule has 0 aliphatic carbocycles. The Kier molecular flexibility index (Phi) is 6.06. The molecule has 0 fully saturated rings. The molecular formula is C9H13FO6. The Hall–Kier alpha value is -1.66. The van der Waals surface area contributed by atoms with Crippen LogP contribution in [-0.2, 0) is 28.6 Å². The van der Waals surface area contributed by atoms with Gasteiger partial charge in [-0.25, -0.2) is 14.0 Å². The first kappa shape index (κ1) is 14.3. The van der Waals surface area contributed by atoms with Crippen LogP contribution < -0.4 is 0 Å². The second-order valence-electron chi connectivity index (χ2n) is 2.90. The SMILES string of the molecule is CC(=O)OC(C)C(=O)OC(C)C(=O)OCF. The topological polar surface area (TPSA) is 78.9 Å². The van der Waals surface area contributed by atoms with E-state index in [-0.39, 0.29) is 0 Å². The molecule has 0 amide bonds. The van der Waals surface area contributed by atoms with Crippen molar-refractivity contribution < 1.29 is 33.0 Å². The van der Waals surface area contributed by atoms with Gasteiger partial charge in [0.25, 0.3) is 0 Å². The molecule has 0 aliphatic heterocycles. The van der Waals surface area contributed by atoms with Crippen molar-refractivity contribution in [3.63, 3.8) is 0 Å². The first-order chi connectivity index (χ1) is 7.38. The molecular weight excluding hydrogens is 223 g/mol. The highest BCUT2D eigenvalue weighted by Gasteiger charge is 2.24. The van der Waals surface area contributed by atoms with Crippen LogP contribution in [0.3, 0.4) is 0 Å². The number of ether oxygens (including phenoxy) is 3. The zero-order chi connectivity index (χ0) is 12.7. The van der Waals surface area contributed by atoms with Crippen LogP contribution in [0, 0.1) is 0 Å². The molecule has 0 aromatic heterocycles. The standard InChI is InChI=1S/C9H13FO6/c1-5(8(12)14-4-10)16-9(13)6(2)15-7(3)11/h5-6H,4H2,1-3H3. The minimum absolute atomic E-state index is 0.650. The summed E-state index contributed by atoms with van der Waals surface area (Å²) in [6, 6.07) is 0. The lowest BCUT2D eigenvalue weighted by molar-refractivity contribution is -0.177. The van der Waals surface area contributed by atoms with Crippen molar-refractivity contribution >= 4 is 17.9 Å². The fourth-order valence-corrected chi connectivity index (χ4v) is 0.786. The van der Waals surface area contributed by atoms with Gasteiger partial charge in [-0.1, -0.05) is 0 Å². The van der Waals surface area contributed by atoms with Gasteiger partial charge in [-0.3, -0.25) is 4.79 Å². The highest BCUT2D eigenvalue weighted by Crippen LogP contribution is 2.01. The highest BCUT2D eigenvalue weighted by molar-refractivity contribution is 5.82. The first-order valence-electron chi connectivity index (χ1n) is 4.48. The van der Waals surface area contributed by atoms with Crippen LogP contribution in [0.5, 0.6) is 0 Å². The van der Waals surface area contributed by atoms with Gasteiger partial charge >= 0.3 is 17.9 Å². The van der Waals surface area contributed by atoms with Gasteiger partial charge < -0.3 is 14.2 Å². The molecule has 0 radical (unpaired) electrons. The fourth-order valence-electron chi connectivity index (χ4n) is 0.786. The van der Waals surface area contributed by atoms with Gasteiger partial charge in [-0.2, -0.15) is 0 Å². The Balaban J connectivity index is 4.12. The monoisotopic (exact) mass is 236 g/mol. The van der Waals surface area contributed by atoms with E-state index in [1.54, 1.807) is 0 Å². The van der Waals surface area contributed by atoms with E-state index < -0.39 is 37.0 Å². The number of alkyl halides is 1. The molecule has 2 atom stereocenters. The molecule has 0 bridgehead atoms. The van der Waals surface area contributed by atoms with Gasteiger partial charge in [0.2, 0.25) is 6.86 Å². The number of rotatable bonds is 5. The fraction of sp³-hybridized carbons (Fsp3) is 0.667. The maximum absolute atomic E-state index is 11.6. The molecule has 0 rings (SSSR count). The van der Waals surface area contributed by atoms with Crippen LogP contribution in [0.25, 0.3) is 0 Å². The van der Waals surface area contributed by atoms with Crippen molar-refractivity contribution in [2.24, 2.45) is 0 Å². The molecule has 16 heavy (non-hydrogen) atoms. The van der Waals surface area contributed by atoms with Gasteiger partial charge in [0, 0.05) is 6.92 Å². The lowest BCUT2D eigenvalue weighted by atomic mass is 10.4. The van der Waals surface area contributed by atoms with Gasteiger partial charge in [0.05, 0.1) is 0 Å². The summed E-state index contributed by atoms with van der Waals surface area (Å²) in [6.07, 6.45) is -2.38. The third-order valence-corrected chi connectivity index (χ3v) is 1.50. The Morgan fingerprint density at radius 3 is 2.00 bits per heavy atom. The number of esters is 3. The normalized spacial score (nSPS) is 13.5. The molecule has 0 aromatic rings. The summed E-state index contributed by atoms with van der Waals surface area (Å²) < 4.78 is 24.7. The zero-order valence-electron chi connectivity index (χ0n) is 9.19. The van der Waals surface area contributed by atoms with Crippen LogP contribution in [0.1, 0.15) is 20.8 Å². The van der Waals surface area contributed by atoms with E-state index in [0.717, 1.165) is 6.92 Å². The molecule has 0 aliphatic rings. The molecule has 0 spiro atoms. The van der Waals surface area contributed by atoms with Crippen molar-refractivity contribution in [3.05, 3.63) is 0 Å². The van der Waals surface area contributed by atoms with E-state index in [1.807, 2.05) is 0 Å². The second-order valence-corrected chi connectivity index (χ2v) is 2.90. The Labute approximate surface area is 91.6 Å². The van der Waals surface area contributed by atoms with E-state index in [1.165, 1.54) is 13.8 Å². The van der Waals surface area contributed by atoms with E-state index in [2.05, 4.69) is 14.2 Å². The Bertz CT molecular complexity index is 277. The van der Waals surface area contributed by atoms with Crippen LogP contribution in [0.4, 0.5) is 4.39 Å². The minimum Gasteiger partial charge on any atom is -0.451 e. The molecule has 0 saturated heterocycles. The average Bonchev–Trinajstić information content (AvgIpc) is 2.16. The number of halogens is 1. The van der Waals surface area contributed by atoms with Crippen molar-refractivity contribution in [1.82, 2.24) is 0 Å². The molecule has 0 saturated carbocycles. The lowest BCUT2D eigenvalue weighted by Crippen LogP contribution is -2.32. The van der Waals surface area contributed by atoms with E-state index in [4.69, 9.17) is 0 Å². The molecule has 0 heterocycles. The van der Waals surface area contributed by atoms with Gasteiger partial charge in [0.1, 0.15) is 0 Å². The molecule has 6 nitrogen and oxygen atoms in total. The quantitative estimate of drug-likeness (QED) is 0.506. The molecule has 0 aromatic carbocycles. The summed E-state index contributed by atoms with van der Waals surface area (Å²) in [5.41, 5.74) is 0. The zero-order valence-corrected chi connectivity index (χ0v) is 9.19. The van der Waals surface area contributed by atoms with Gasteiger partial charge in [-0.15, -0.1) is 0 Å². The predicted molar refractivity (Wildman–Crippen MR) is 48.8 cm³/mol. The first-order valence-corrected chi connectivity index (χ1v) is 4.48. The minimum atomic E-state index is -1.29. The van der Waals surface area contributed by atoms with Crippen molar-refractivity contribution in [2.75, 3.05) is 6.86 Å². The lowest BCUT2D eigenvalue weighted by Gasteiger charge is -2.15. The summed E-state index contributed by atoms with van der Waals surface area (Å²) in [5, 5.41) is 0. The summed E-state index contributed by atoms with van der Waals surface area (Å²) in [4.78, 5) is 32.6. The largest absolute Gasteiger partial charge is 0.451 e. The number of carbonyl (C=O) groups is 3. The van der Waals surface area contributed by atoms with Crippen molar-refractivity contribution in [3.8, 4) is 0 Å². The van der Waals surface area contributed by atoms with E-state index in [0.29, 0.717) is 0 Å². The maximum atomic E-state index is 11.6. The third kappa shape index (κ3) is 5.28. The van der Waals surface area contributed by atoms with Crippen LogP contribution in [-0.4, -0.2) is 37.0 Å². The van der Waals surface area contributed by atoms with Gasteiger partial charge in [0.15, 0.2) is 12.2 Å². The predicted octanol–water partition coefficient (Wildman–Crippen LogP) is 0.340. The number of hydrogen-bond acceptors (Lipinski definition) is 6. The molecule has 2 unspecified atom stereocenters. The summed E-state index contributed by atoms with van der Waals surface area (Å²) in [5.74, 6) is -2.56. The summed E-state index contributed by atoms with van der Waals surface area (Å²) in [7, 11) is 0. The summed E-state index contributed by atoms with van der Waals surface area (Å²) >= 11 is 0. The van der Waals surface area contributed by atoms with Crippen molar-refractivity contribution in [2.45, 2.75) is 33.0 Å². The Morgan fingerprint density at radius 1 is 1.06 bits per heavy atom. The van der Waals surface area contributed by atoms with Crippen LogP contribution in [0.2, 0.25) is 0 Å². The molecule has 7 heteroatoms. The smallest absolute Gasteiger partial charge is 0.349 e. The average molecular weight is 236 g/mol.